The topological polar surface area (TPSA) is 0 Å². The van der Waals surface area contributed by atoms with E-state index < -0.39 is 23.3 Å². The van der Waals surface area contributed by atoms with Crippen molar-refractivity contribution in [3.05, 3.63) is 82.4 Å². The summed E-state index contributed by atoms with van der Waals surface area (Å²) in [6.07, 6.45) is 6.04. The summed E-state index contributed by atoms with van der Waals surface area (Å²) in [4.78, 5) is 0. The van der Waals surface area contributed by atoms with E-state index in [1.165, 1.54) is 18.6 Å². The van der Waals surface area contributed by atoms with Crippen molar-refractivity contribution < 1.29 is 17.6 Å². The van der Waals surface area contributed by atoms with E-state index in [0.717, 1.165) is 37.8 Å². The summed E-state index contributed by atoms with van der Waals surface area (Å²) in [6.45, 7) is 2.14. The van der Waals surface area contributed by atoms with Crippen LogP contribution in [-0.2, 0) is 6.42 Å². The molecule has 0 N–H and O–H groups in total. The standard InChI is InChI=1S/C25H22F4/c1-2-3-4-5-6-7-18-13-22(26)21(23(27)14-18)11-9-17-8-10-19-15-24(28)25(29)16-20(19)12-17/h8,10,12-16H,2-7H2,1H3. The predicted molar refractivity (Wildman–Crippen MR) is 109 cm³/mol. The number of halogens is 4. The second-order valence-electron chi connectivity index (χ2n) is 7.18. The number of rotatable bonds is 6. The maximum absolute atomic E-state index is 14.4. The van der Waals surface area contributed by atoms with Gasteiger partial charge in [0.2, 0.25) is 0 Å². The average molecular weight is 398 g/mol. The highest BCUT2D eigenvalue weighted by atomic mass is 19.2. The van der Waals surface area contributed by atoms with Gasteiger partial charge in [0.05, 0.1) is 5.56 Å². The molecule has 0 nitrogen and oxygen atoms in total. The van der Waals surface area contributed by atoms with Crippen LogP contribution in [0.15, 0.2) is 42.5 Å². The minimum absolute atomic E-state index is 0.287. The second kappa shape index (κ2) is 9.60. The molecule has 0 amide bonds. The van der Waals surface area contributed by atoms with Gasteiger partial charge in [-0.05, 0) is 65.6 Å². The number of fused-ring (bicyclic) bond motifs is 1. The summed E-state index contributed by atoms with van der Waals surface area (Å²) < 4.78 is 55.4. The molecule has 4 heteroatoms. The lowest BCUT2D eigenvalue weighted by atomic mass is 10.0. The first-order valence-electron chi connectivity index (χ1n) is 9.86. The first-order chi connectivity index (χ1) is 14.0. The zero-order valence-corrected chi connectivity index (χ0v) is 16.3. The number of aryl methyl sites for hydroxylation is 1. The molecule has 0 atom stereocenters. The van der Waals surface area contributed by atoms with E-state index in [2.05, 4.69) is 18.8 Å². The molecular weight excluding hydrogens is 376 g/mol. The lowest BCUT2D eigenvalue weighted by Crippen LogP contribution is -1.95. The summed E-state index contributed by atoms with van der Waals surface area (Å²) in [6, 6.07) is 9.61. The Labute approximate surface area is 168 Å². The van der Waals surface area contributed by atoms with Crippen molar-refractivity contribution in [2.45, 2.75) is 45.4 Å². The monoisotopic (exact) mass is 398 g/mol. The SMILES string of the molecule is CCCCCCCc1cc(F)c(C#Cc2ccc3cc(F)c(F)cc3c2)c(F)c1. The van der Waals surface area contributed by atoms with E-state index in [9.17, 15) is 17.6 Å². The molecule has 0 aromatic heterocycles. The van der Waals surface area contributed by atoms with Crippen LogP contribution in [0.5, 0.6) is 0 Å². The largest absolute Gasteiger partial charge is 0.206 e. The predicted octanol–water partition coefficient (Wildman–Crippen LogP) is 7.31. The first-order valence-corrected chi connectivity index (χ1v) is 9.86. The van der Waals surface area contributed by atoms with Crippen molar-refractivity contribution in [3.8, 4) is 11.8 Å². The highest BCUT2D eigenvalue weighted by Crippen LogP contribution is 2.21. The molecule has 3 aromatic carbocycles. The Hall–Kier alpha value is -2.80. The van der Waals surface area contributed by atoms with E-state index in [-0.39, 0.29) is 5.56 Å². The third-order valence-electron chi connectivity index (χ3n) is 4.88. The maximum Gasteiger partial charge on any atom is 0.159 e. The molecule has 0 bridgehead atoms. The molecule has 0 spiro atoms. The Morgan fingerprint density at radius 2 is 1.31 bits per heavy atom. The number of hydrogen-bond donors (Lipinski definition) is 0. The minimum atomic E-state index is -0.954. The molecule has 0 radical (unpaired) electrons. The van der Waals surface area contributed by atoms with Crippen LogP contribution in [0.4, 0.5) is 17.6 Å². The van der Waals surface area contributed by atoms with Gasteiger partial charge < -0.3 is 0 Å². The van der Waals surface area contributed by atoms with Crippen LogP contribution >= 0.6 is 0 Å². The van der Waals surface area contributed by atoms with Gasteiger partial charge >= 0.3 is 0 Å². The third-order valence-corrected chi connectivity index (χ3v) is 4.88. The van der Waals surface area contributed by atoms with E-state index >= 15 is 0 Å². The van der Waals surface area contributed by atoms with Crippen molar-refractivity contribution >= 4 is 10.8 Å². The molecule has 0 fully saturated rings. The zero-order valence-electron chi connectivity index (χ0n) is 16.3. The molecule has 0 saturated carbocycles. The molecule has 0 heterocycles. The Bertz CT molecular complexity index is 1050. The van der Waals surface area contributed by atoms with Crippen LogP contribution in [0.2, 0.25) is 0 Å². The number of hydrogen-bond acceptors (Lipinski definition) is 0. The van der Waals surface area contributed by atoms with E-state index in [0.29, 0.717) is 28.3 Å². The Morgan fingerprint density at radius 1 is 0.655 bits per heavy atom. The van der Waals surface area contributed by atoms with Crippen molar-refractivity contribution in [2.24, 2.45) is 0 Å². The number of benzene rings is 3. The summed E-state index contributed by atoms with van der Waals surface area (Å²) >= 11 is 0. The highest BCUT2D eigenvalue weighted by molar-refractivity contribution is 5.84. The summed E-state index contributed by atoms with van der Waals surface area (Å²) in [5, 5.41) is 0.991. The minimum Gasteiger partial charge on any atom is -0.206 e. The van der Waals surface area contributed by atoms with Gasteiger partial charge in [0, 0.05) is 5.56 Å². The van der Waals surface area contributed by atoms with Crippen LogP contribution in [-0.4, -0.2) is 0 Å². The molecule has 3 rings (SSSR count). The average Bonchev–Trinajstić information content (AvgIpc) is 2.68. The van der Waals surface area contributed by atoms with Gasteiger partial charge in [-0.15, -0.1) is 0 Å². The van der Waals surface area contributed by atoms with E-state index in [4.69, 9.17) is 0 Å². The molecule has 0 aliphatic heterocycles. The Morgan fingerprint density at radius 3 is 2.00 bits per heavy atom. The summed E-state index contributed by atoms with van der Waals surface area (Å²) in [7, 11) is 0. The lowest BCUT2D eigenvalue weighted by molar-refractivity contribution is 0.511. The smallest absolute Gasteiger partial charge is 0.159 e. The van der Waals surface area contributed by atoms with Crippen LogP contribution in [0, 0.1) is 35.1 Å². The van der Waals surface area contributed by atoms with Gasteiger partial charge in [-0.1, -0.05) is 50.5 Å². The Kier molecular flexibility index (Phi) is 6.93. The van der Waals surface area contributed by atoms with Crippen molar-refractivity contribution in [2.75, 3.05) is 0 Å². The fourth-order valence-electron chi connectivity index (χ4n) is 3.28. The van der Waals surface area contributed by atoms with E-state index in [1.54, 1.807) is 18.2 Å². The Balaban J connectivity index is 1.78. The van der Waals surface area contributed by atoms with Gasteiger partial charge in [0.1, 0.15) is 11.6 Å². The fraction of sp³-hybridized carbons (Fsp3) is 0.280. The van der Waals surface area contributed by atoms with Crippen LogP contribution in [0.25, 0.3) is 10.8 Å². The number of unbranched alkanes of at least 4 members (excludes halogenated alkanes) is 4. The molecule has 0 saturated heterocycles. The highest BCUT2D eigenvalue weighted by Gasteiger charge is 2.09. The first kappa shape index (κ1) is 20.9. The molecule has 0 aliphatic rings. The van der Waals surface area contributed by atoms with E-state index in [1.807, 2.05) is 0 Å². The van der Waals surface area contributed by atoms with Crippen LogP contribution < -0.4 is 0 Å². The lowest BCUT2D eigenvalue weighted by Gasteiger charge is -2.05. The van der Waals surface area contributed by atoms with Crippen molar-refractivity contribution in [3.63, 3.8) is 0 Å². The summed E-state index contributed by atoms with van der Waals surface area (Å²) in [5.41, 5.74) is 0.803. The molecular formula is C25H22F4. The van der Waals surface area contributed by atoms with Gasteiger partial charge in [-0.2, -0.15) is 0 Å². The zero-order chi connectivity index (χ0) is 20.8. The van der Waals surface area contributed by atoms with Crippen LogP contribution in [0.3, 0.4) is 0 Å². The normalized spacial score (nSPS) is 10.8. The van der Waals surface area contributed by atoms with Gasteiger partial charge in [-0.3, -0.25) is 0 Å². The molecule has 29 heavy (non-hydrogen) atoms. The maximum atomic E-state index is 14.4. The molecule has 0 unspecified atom stereocenters. The molecule has 3 aromatic rings. The third kappa shape index (κ3) is 5.38. The van der Waals surface area contributed by atoms with Gasteiger partial charge in [-0.25, -0.2) is 17.6 Å². The summed E-state index contributed by atoms with van der Waals surface area (Å²) in [5.74, 6) is 1.99. The van der Waals surface area contributed by atoms with Gasteiger partial charge in [0.15, 0.2) is 11.6 Å². The van der Waals surface area contributed by atoms with Gasteiger partial charge in [0.25, 0.3) is 0 Å². The van der Waals surface area contributed by atoms with Crippen molar-refractivity contribution in [1.82, 2.24) is 0 Å². The van der Waals surface area contributed by atoms with Crippen LogP contribution in [0.1, 0.15) is 55.7 Å². The quantitative estimate of drug-likeness (QED) is 0.232. The van der Waals surface area contributed by atoms with Crippen molar-refractivity contribution in [1.29, 1.82) is 0 Å². The fourth-order valence-corrected chi connectivity index (χ4v) is 3.28. The second-order valence-corrected chi connectivity index (χ2v) is 7.18. The molecule has 150 valence electrons. The molecule has 0 aliphatic carbocycles.